The lowest BCUT2D eigenvalue weighted by atomic mass is 9.94. The summed E-state index contributed by atoms with van der Waals surface area (Å²) < 4.78 is 11.9. The van der Waals surface area contributed by atoms with Crippen molar-refractivity contribution in [1.29, 1.82) is 0 Å². The van der Waals surface area contributed by atoms with Crippen molar-refractivity contribution in [2.75, 3.05) is 6.61 Å². The number of rotatable bonds is 11. The van der Waals surface area contributed by atoms with Gasteiger partial charge in [-0.3, -0.25) is 0 Å². The van der Waals surface area contributed by atoms with E-state index < -0.39 is 0 Å². The van der Waals surface area contributed by atoms with Crippen molar-refractivity contribution < 1.29 is 14.3 Å². The maximum atomic E-state index is 12.6. The van der Waals surface area contributed by atoms with E-state index in [1.165, 1.54) is 12.8 Å². The van der Waals surface area contributed by atoms with Gasteiger partial charge in [0.15, 0.2) is 0 Å². The number of nitrogens with zero attached hydrogens (tertiary/aromatic N) is 1. The molecule has 0 saturated heterocycles. The Balaban J connectivity index is 0.000000718. The van der Waals surface area contributed by atoms with Crippen LogP contribution in [0.4, 0.5) is 0 Å². The molecule has 0 bridgehead atoms. The van der Waals surface area contributed by atoms with E-state index in [2.05, 4.69) is 55.1 Å². The largest absolute Gasteiger partial charge is 0.462 e. The molecule has 0 saturated carbocycles. The van der Waals surface area contributed by atoms with Gasteiger partial charge in [-0.25, -0.2) is 4.79 Å². The molecule has 0 radical (unpaired) electrons. The van der Waals surface area contributed by atoms with Gasteiger partial charge in [0.05, 0.1) is 30.1 Å². The van der Waals surface area contributed by atoms with Gasteiger partial charge in [0, 0.05) is 16.7 Å². The Morgan fingerprint density at radius 1 is 1.29 bits per heavy atom. The molecule has 4 nitrogen and oxygen atoms in total. The topological polar surface area (TPSA) is 38.8 Å². The SMILES string of the molecule is C=CC(Br)CCC.C=CN1C(C(CC)OC2C=CCCC2)=C(C)C(C(=O)OCCC)=C/C1=C/C. The standard InChI is InChI=1S/C23H33NO3.C6H11Br/c1-6-15-26-23(25)20-16-18(7-2)24(9-4)22(17(20)5)21(8-3)27-19-13-11-10-12-14-19;1-3-5-6(7)4-2/h7,9,11,13,16,19,21H,4,6,8,10,12,14-15H2,1-3,5H3;4,6H,2-3,5H2,1H3/b18-7-;. The van der Waals surface area contributed by atoms with E-state index >= 15 is 0 Å². The van der Waals surface area contributed by atoms with Crippen LogP contribution in [0.3, 0.4) is 0 Å². The summed E-state index contributed by atoms with van der Waals surface area (Å²) in [7, 11) is 0. The van der Waals surface area contributed by atoms with Gasteiger partial charge >= 0.3 is 5.97 Å². The second-order valence-electron chi connectivity index (χ2n) is 8.44. The number of halogens is 1. The van der Waals surface area contributed by atoms with E-state index in [4.69, 9.17) is 9.47 Å². The van der Waals surface area contributed by atoms with Crippen molar-refractivity contribution in [2.45, 2.75) is 96.6 Å². The van der Waals surface area contributed by atoms with Crippen molar-refractivity contribution in [2.24, 2.45) is 0 Å². The third-order valence-corrected chi connectivity index (χ3v) is 6.63. The summed E-state index contributed by atoms with van der Waals surface area (Å²) in [6.45, 7) is 18.2. The molecule has 1 aliphatic carbocycles. The zero-order valence-corrected chi connectivity index (χ0v) is 23.4. The number of carbonyl (C=O) groups is 1. The molecular weight excluding hydrogens is 490 g/mol. The van der Waals surface area contributed by atoms with Gasteiger partial charge in [-0.05, 0) is 64.0 Å². The monoisotopic (exact) mass is 533 g/mol. The number of carbonyl (C=O) groups excluding carboxylic acids is 1. The summed E-state index contributed by atoms with van der Waals surface area (Å²) in [6, 6.07) is 0. The zero-order valence-electron chi connectivity index (χ0n) is 21.8. The summed E-state index contributed by atoms with van der Waals surface area (Å²) in [5.74, 6) is -0.276. The molecule has 0 spiro atoms. The van der Waals surface area contributed by atoms with Gasteiger partial charge < -0.3 is 14.4 Å². The molecule has 0 aromatic rings. The van der Waals surface area contributed by atoms with Crippen LogP contribution in [-0.4, -0.2) is 34.5 Å². The molecule has 0 aromatic carbocycles. The van der Waals surface area contributed by atoms with Crippen LogP contribution in [0.5, 0.6) is 0 Å². The Labute approximate surface area is 216 Å². The summed E-state index contributed by atoms with van der Waals surface area (Å²) in [5, 5.41) is 0. The lowest BCUT2D eigenvalue weighted by molar-refractivity contribution is -0.138. The summed E-state index contributed by atoms with van der Waals surface area (Å²) in [5.41, 5.74) is 3.39. The van der Waals surface area contributed by atoms with Crippen LogP contribution >= 0.6 is 15.9 Å². The molecule has 0 N–H and O–H groups in total. The van der Waals surface area contributed by atoms with Gasteiger partial charge in [-0.1, -0.05) is 74.0 Å². The predicted molar refractivity (Wildman–Crippen MR) is 148 cm³/mol. The maximum absolute atomic E-state index is 12.6. The number of ether oxygens (including phenoxy) is 2. The molecule has 1 heterocycles. The van der Waals surface area contributed by atoms with Crippen molar-refractivity contribution >= 4 is 21.9 Å². The summed E-state index contributed by atoms with van der Waals surface area (Å²) in [6.07, 6.45) is 19.3. The van der Waals surface area contributed by atoms with Crippen LogP contribution in [0, 0.1) is 0 Å². The number of hydrogen-bond acceptors (Lipinski definition) is 4. The van der Waals surface area contributed by atoms with Gasteiger partial charge in [0.25, 0.3) is 0 Å². The van der Waals surface area contributed by atoms with Crippen LogP contribution in [-0.2, 0) is 14.3 Å². The van der Waals surface area contributed by atoms with Crippen LogP contribution in [0.25, 0.3) is 0 Å². The van der Waals surface area contributed by atoms with Gasteiger partial charge in [0.2, 0.25) is 0 Å². The third-order valence-electron chi connectivity index (χ3n) is 5.80. The first-order chi connectivity index (χ1) is 16.4. The fourth-order valence-corrected chi connectivity index (χ4v) is 4.40. The van der Waals surface area contributed by atoms with E-state index in [9.17, 15) is 4.79 Å². The number of allylic oxidation sites excluding steroid dienone is 4. The Morgan fingerprint density at radius 3 is 2.50 bits per heavy atom. The van der Waals surface area contributed by atoms with Crippen molar-refractivity contribution in [1.82, 2.24) is 4.90 Å². The lowest BCUT2D eigenvalue weighted by Crippen LogP contribution is -2.34. The second kappa shape index (κ2) is 16.7. The maximum Gasteiger partial charge on any atom is 0.338 e. The molecule has 34 heavy (non-hydrogen) atoms. The quantitative estimate of drug-likeness (QED) is 0.152. The molecule has 3 unspecified atom stereocenters. The molecule has 2 aliphatic rings. The van der Waals surface area contributed by atoms with E-state index in [1.54, 1.807) is 6.20 Å². The van der Waals surface area contributed by atoms with Crippen molar-refractivity contribution in [3.63, 3.8) is 0 Å². The van der Waals surface area contributed by atoms with Crippen molar-refractivity contribution in [3.05, 3.63) is 72.3 Å². The van der Waals surface area contributed by atoms with Gasteiger partial charge in [-0.15, -0.1) is 6.58 Å². The Kier molecular flexibility index (Phi) is 14.8. The normalized spacial score (nSPS) is 20.8. The first-order valence-electron chi connectivity index (χ1n) is 12.6. The minimum Gasteiger partial charge on any atom is -0.462 e. The molecule has 190 valence electrons. The van der Waals surface area contributed by atoms with E-state index in [-0.39, 0.29) is 18.2 Å². The average molecular weight is 535 g/mol. The molecule has 2 rings (SSSR count). The van der Waals surface area contributed by atoms with Crippen LogP contribution < -0.4 is 0 Å². The highest BCUT2D eigenvalue weighted by Gasteiger charge is 2.31. The number of alkyl halides is 1. The molecular formula is C29H44BrNO3. The van der Waals surface area contributed by atoms with E-state index in [0.717, 1.165) is 49.1 Å². The Bertz CT molecular complexity index is 793. The zero-order chi connectivity index (χ0) is 25.5. The van der Waals surface area contributed by atoms with Gasteiger partial charge in [-0.2, -0.15) is 0 Å². The second-order valence-corrected chi connectivity index (χ2v) is 9.62. The molecule has 0 aromatic heterocycles. The molecule has 1 aliphatic heterocycles. The predicted octanol–water partition coefficient (Wildman–Crippen LogP) is 8.14. The Hall–Kier alpha value is -1.85. The van der Waals surface area contributed by atoms with Crippen LogP contribution in [0.1, 0.15) is 79.6 Å². The highest BCUT2D eigenvalue weighted by molar-refractivity contribution is 9.09. The summed E-state index contributed by atoms with van der Waals surface area (Å²) >= 11 is 3.42. The summed E-state index contributed by atoms with van der Waals surface area (Å²) in [4.78, 5) is 15.2. The van der Waals surface area contributed by atoms with Crippen molar-refractivity contribution in [3.8, 4) is 0 Å². The van der Waals surface area contributed by atoms with Crippen LogP contribution in [0.15, 0.2) is 72.3 Å². The highest BCUT2D eigenvalue weighted by Crippen LogP contribution is 2.35. The molecule has 0 amide bonds. The Morgan fingerprint density at radius 2 is 2.03 bits per heavy atom. The molecule has 0 fully saturated rings. The van der Waals surface area contributed by atoms with Gasteiger partial charge in [0.1, 0.15) is 0 Å². The van der Waals surface area contributed by atoms with Crippen LogP contribution in [0.2, 0.25) is 0 Å². The average Bonchev–Trinajstić information content (AvgIpc) is 2.86. The first-order valence-corrected chi connectivity index (χ1v) is 13.6. The smallest absolute Gasteiger partial charge is 0.338 e. The molecule has 5 heteroatoms. The third kappa shape index (κ3) is 9.07. The number of hydrogen-bond donors (Lipinski definition) is 0. The minimum absolute atomic E-state index is 0.117. The first kappa shape index (κ1) is 30.2. The van der Waals surface area contributed by atoms with E-state index in [1.807, 2.05) is 43.9 Å². The minimum atomic E-state index is -0.276. The molecule has 3 atom stereocenters. The number of esters is 1. The fraction of sp³-hybridized carbons (Fsp3) is 0.552. The lowest BCUT2D eigenvalue weighted by Gasteiger charge is -2.36. The fourth-order valence-electron chi connectivity index (χ4n) is 3.94. The highest BCUT2D eigenvalue weighted by atomic mass is 79.9. The van der Waals surface area contributed by atoms with E-state index in [0.29, 0.717) is 17.0 Å².